The number of nitrogens with two attached hydrogens (primary N) is 1. The molecule has 2 N–H and O–H groups in total. The fraction of sp³-hybridized carbons (Fsp3) is 0.167. The summed E-state index contributed by atoms with van der Waals surface area (Å²) < 4.78 is 4.56. The van der Waals surface area contributed by atoms with Gasteiger partial charge in [-0.05, 0) is 24.1 Å². The lowest BCUT2D eigenvalue weighted by Gasteiger charge is -1.99. The van der Waals surface area contributed by atoms with Gasteiger partial charge in [0.1, 0.15) is 0 Å². The Hall–Kier alpha value is -2.10. The minimum atomic E-state index is -0.669. The molecule has 0 atom stereocenters. The van der Waals surface area contributed by atoms with Crippen molar-refractivity contribution in [3.05, 3.63) is 41.5 Å². The number of aryl methyl sites for hydroxylation is 1. The van der Waals surface area contributed by atoms with E-state index in [-0.39, 0.29) is 0 Å². The van der Waals surface area contributed by atoms with Gasteiger partial charge in [0.15, 0.2) is 6.61 Å². The van der Waals surface area contributed by atoms with Gasteiger partial charge in [-0.15, -0.1) is 0 Å². The summed E-state index contributed by atoms with van der Waals surface area (Å²) in [6.45, 7) is 1.55. The first-order valence-electron chi connectivity index (χ1n) is 4.78. The van der Waals surface area contributed by atoms with E-state index >= 15 is 0 Å². The summed E-state index contributed by atoms with van der Waals surface area (Å²) in [5.41, 5.74) is 6.82. The third kappa shape index (κ3) is 3.96. The Morgan fingerprint density at radius 2 is 2.06 bits per heavy atom. The molecule has 0 aliphatic rings. The Kier molecular flexibility index (Phi) is 4.27. The van der Waals surface area contributed by atoms with Crippen molar-refractivity contribution in [2.75, 3.05) is 6.61 Å². The molecular formula is C12H13NO3. The summed E-state index contributed by atoms with van der Waals surface area (Å²) in [7, 11) is 0. The normalized spacial score (nSPS) is 10.3. The van der Waals surface area contributed by atoms with Crippen LogP contribution in [0.3, 0.4) is 0 Å². The van der Waals surface area contributed by atoms with Crippen LogP contribution in [0.25, 0.3) is 6.08 Å². The maximum atomic E-state index is 11.1. The maximum Gasteiger partial charge on any atom is 0.331 e. The highest BCUT2D eigenvalue weighted by molar-refractivity contribution is 5.89. The van der Waals surface area contributed by atoms with Crippen LogP contribution in [0.1, 0.15) is 11.1 Å². The van der Waals surface area contributed by atoms with E-state index in [2.05, 4.69) is 4.74 Å². The molecule has 0 unspecified atom stereocenters. The van der Waals surface area contributed by atoms with Crippen LogP contribution < -0.4 is 5.73 Å². The first-order valence-corrected chi connectivity index (χ1v) is 4.78. The van der Waals surface area contributed by atoms with E-state index in [1.165, 1.54) is 6.08 Å². The number of carbonyl (C=O) groups excluding carboxylic acids is 2. The van der Waals surface area contributed by atoms with Gasteiger partial charge in [0.05, 0.1) is 0 Å². The van der Waals surface area contributed by atoms with Gasteiger partial charge >= 0.3 is 5.97 Å². The first kappa shape index (κ1) is 12.0. The maximum absolute atomic E-state index is 11.1. The number of carbonyl (C=O) groups is 2. The monoisotopic (exact) mass is 219 g/mol. The van der Waals surface area contributed by atoms with E-state index in [0.29, 0.717) is 0 Å². The standard InChI is InChI=1S/C12H13NO3/c1-9-4-2-3-5-10(9)6-7-12(15)16-8-11(13)14/h2-7H,8H2,1H3,(H2,13,14)/b7-6+. The van der Waals surface area contributed by atoms with Crippen molar-refractivity contribution in [2.24, 2.45) is 5.73 Å². The summed E-state index contributed by atoms with van der Waals surface area (Å²) >= 11 is 0. The molecule has 1 aromatic carbocycles. The Morgan fingerprint density at radius 3 is 2.69 bits per heavy atom. The van der Waals surface area contributed by atoms with Crippen LogP contribution in [0.15, 0.2) is 30.3 Å². The van der Waals surface area contributed by atoms with Crippen molar-refractivity contribution in [1.29, 1.82) is 0 Å². The van der Waals surface area contributed by atoms with Crippen molar-refractivity contribution < 1.29 is 14.3 Å². The molecule has 0 fully saturated rings. The van der Waals surface area contributed by atoms with Crippen molar-refractivity contribution in [1.82, 2.24) is 0 Å². The zero-order valence-electron chi connectivity index (χ0n) is 8.97. The number of ether oxygens (including phenoxy) is 1. The molecular weight excluding hydrogens is 206 g/mol. The number of hydrogen-bond acceptors (Lipinski definition) is 3. The molecule has 0 aromatic heterocycles. The summed E-state index contributed by atoms with van der Waals surface area (Å²) in [4.78, 5) is 21.5. The van der Waals surface area contributed by atoms with Crippen LogP contribution in [0, 0.1) is 6.92 Å². The zero-order valence-corrected chi connectivity index (χ0v) is 8.97. The van der Waals surface area contributed by atoms with Gasteiger partial charge in [0, 0.05) is 6.08 Å². The van der Waals surface area contributed by atoms with Crippen LogP contribution in [-0.2, 0) is 14.3 Å². The molecule has 4 nitrogen and oxygen atoms in total. The topological polar surface area (TPSA) is 69.4 Å². The van der Waals surface area contributed by atoms with Gasteiger partial charge in [-0.25, -0.2) is 4.79 Å². The summed E-state index contributed by atoms with van der Waals surface area (Å²) in [5.74, 6) is -1.25. The van der Waals surface area contributed by atoms with Gasteiger partial charge in [-0.1, -0.05) is 24.3 Å². The highest BCUT2D eigenvalue weighted by Crippen LogP contribution is 2.08. The smallest absolute Gasteiger partial charge is 0.331 e. The number of benzene rings is 1. The summed E-state index contributed by atoms with van der Waals surface area (Å²) in [6.07, 6.45) is 2.91. The van der Waals surface area contributed by atoms with Gasteiger partial charge in [-0.2, -0.15) is 0 Å². The predicted octanol–water partition coefficient (Wildman–Crippen LogP) is 1.04. The molecule has 1 aromatic rings. The molecule has 0 spiro atoms. The Labute approximate surface area is 93.7 Å². The SMILES string of the molecule is Cc1ccccc1/C=C/C(=O)OCC(N)=O. The largest absolute Gasteiger partial charge is 0.452 e. The van der Waals surface area contributed by atoms with E-state index in [9.17, 15) is 9.59 Å². The number of primary amides is 1. The number of esters is 1. The second-order valence-electron chi connectivity index (χ2n) is 3.26. The van der Waals surface area contributed by atoms with Crippen molar-refractivity contribution in [3.8, 4) is 0 Å². The van der Waals surface area contributed by atoms with Crippen LogP contribution in [0.2, 0.25) is 0 Å². The molecule has 1 rings (SSSR count). The minimum Gasteiger partial charge on any atom is -0.452 e. The Balaban J connectivity index is 2.57. The van der Waals surface area contributed by atoms with E-state index in [1.54, 1.807) is 6.08 Å². The van der Waals surface area contributed by atoms with Crippen molar-refractivity contribution in [3.63, 3.8) is 0 Å². The lowest BCUT2D eigenvalue weighted by atomic mass is 10.1. The van der Waals surface area contributed by atoms with Crippen molar-refractivity contribution >= 4 is 18.0 Å². The van der Waals surface area contributed by atoms with E-state index in [1.807, 2.05) is 31.2 Å². The fourth-order valence-electron chi connectivity index (χ4n) is 1.12. The highest BCUT2D eigenvalue weighted by atomic mass is 16.5. The first-order chi connectivity index (χ1) is 7.59. The molecule has 0 saturated heterocycles. The average molecular weight is 219 g/mol. The quantitative estimate of drug-likeness (QED) is 0.607. The zero-order chi connectivity index (χ0) is 12.0. The molecule has 1 amide bonds. The molecule has 0 bridgehead atoms. The van der Waals surface area contributed by atoms with Crippen LogP contribution in [-0.4, -0.2) is 18.5 Å². The Bertz CT molecular complexity index is 424. The molecule has 0 aliphatic carbocycles. The van der Waals surface area contributed by atoms with Gasteiger partial charge in [-0.3, -0.25) is 4.79 Å². The Morgan fingerprint density at radius 1 is 1.38 bits per heavy atom. The van der Waals surface area contributed by atoms with Crippen LogP contribution >= 0.6 is 0 Å². The third-order valence-corrected chi connectivity index (χ3v) is 1.94. The number of hydrogen-bond donors (Lipinski definition) is 1. The van der Waals surface area contributed by atoms with E-state index < -0.39 is 18.5 Å². The van der Waals surface area contributed by atoms with Crippen molar-refractivity contribution in [2.45, 2.75) is 6.92 Å². The predicted molar refractivity (Wildman–Crippen MR) is 60.4 cm³/mol. The lowest BCUT2D eigenvalue weighted by molar-refractivity contribution is -0.142. The van der Waals surface area contributed by atoms with E-state index in [4.69, 9.17) is 5.73 Å². The third-order valence-electron chi connectivity index (χ3n) is 1.94. The van der Waals surface area contributed by atoms with E-state index in [0.717, 1.165) is 11.1 Å². The van der Waals surface area contributed by atoms with Gasteiger partial charge in [0.25, 0.3) is 5.91 Å². The molecule has 84 valence electrons. The van der Waals surface area contributed by atoms with Crippen LogP contribution in [0.4, 0.5) is 0 Å². The summed E-state index contributed by atoms with van der Waals surface area (Å²) in [5, 5.41) is 0. The number of rotatable bonds is 4. The molecule has 4 heteroatoms. The molecule has 16 heavy (non-hydrogen) atoms. The minimum absolute atomic E-state index is 0.392. The average Bonchev–Trinajstić information content (AvgIpc) is 2.25. The number of amides is 1. The molecule has 0 radical (unpaired) electrons. The molecule has 0 heterocycles. The fourth-order valence-corrected chi connectivity index (χ4v) is 1.12. The van der Waals surface area contributed by atoms with Gasteiger partial charge in [0.2, 0.25) is 0 Å². The second kappa shape index (κ2) is 5.70. The second-order valence-corrected chi connectivity index (χ2v) is 3.26. The molecule has 0 aliphatic heterocycles. The summed E-state index contributed by atoms with van der Waals surface area (Å²) in [6, 6.07) is 7.61. The molecule has 0 saturated carbocycles. The highest BCUT2D eigenvalue weighted by Gasteiger charge is 2.00. The lowest BCUT2D eigenvalue weighted by Crippen LogP contribution is -2.19. The van der Waals surface area contributed by atoms with Gasteiger partial charge < -0.3 is 10.5 Å². The van der Waals surface area contributed by atoms with Crippen LogP contribution in [0.5, 0.6) is 0 Å².